The van der Waals surface area contributed by atoms with E-state index in [9.17, 15) is 14.4 Å². The van der Waals surface area contributed by atoms with E-state index in [1.54, 1.807) is 0 Å². The highest BCUT2D eigenvalue weighted by atomic mass is 16.6. The topological polar surface area (TPSA) is 78.9 Å². The Morgan fingerprint density at radius 1 is 0.296 bits per heavy atom. The van der Waals surface area contributed by atoms with Crippen LogP contribution in [0.2, 0.25) is 0 Å². The Bertz CT molecular complexity index is 798. The number of esters is 3. The summed E-state index contributed by atoms with van der Waals surface area (Å²) in [4.78, 5) is 37.6. The van der Waals surface area contributed by atoms with Crippen molar-refractivity contribution in [2.75, 3.05) is 13.2 Å². The van der Waals surface area contributed by atoms with E-state index >= 15 is 0 Å². The monoisotopic (exact) mass is 765 g/mol. The number of carbonyl (C=O) groups excluding carboxylic acids is 3. The zero-order chi connectivity index (χ0) is 39.4. The summed E-state index contributed by atoms with van der Waals surface area (Å²) in [6, 6.07) is 0. The molecule has 0 aromatic rings. The highest BCUT2D eigenvalue weighted by molar-refractivity contribution is 5.71. The molecule has 6 nitrogen and oxygen atoms in total. The van der Waals surface area contributed by atoms with Crippen molar-refractivity contribution in [1.29, 1.82) is 0 Å². The van der Waals surface area contributed by atoms with Gasteiger partial charge in [0, 0.05) is 19.3 Å². The van der Waals surface area contributed by atoms with Crippen LogP contribution in [-0.2, 0) is 28.6 Å². The van der Waals surface area contributed by atoms with E-state index in [4.69, 9.17) is 14.2 Å². The summed E-state index contributed by atoms with van der Waals surface area (Å²) < 4.78 is 16.7. The molecule has 0 N–H and O–H groups in total. The van der Waals surface area contributed by atoms with Gasteiger partial charge in [0.1, 0.15) is 13.2 Å². The van der Waals surface area contributed by atoms with E-state index in [2.05, 4.69) is 20.8 Å². The summed E-state index contributed by atoms with van der Waals surface area (Å²) in [6.45, 7) is 6.63. The molecule has 0 spiro atoms. The van der Waals surface area contributed by atoms with Gasteiger partial charge in [0.25, 0.3) is 0 Å². The molecule has 0 saturated carbocycles. The Morgan fingerprint density at radius 3 is 0.741 bits per heavy atom. The van der Waals surface area contributed by atoms with Crippen LogP contribution in [0, 0.1) is 0 Å². The Morgan fingerprint density at radius 2 is 0.500 bits per heavy atom. The fraction of sp³-hybridized carbons (Fsp3) is 0.938. The largest absolute Gasteiger partial charge is 0.462 e. The summed E-state index contributed by atoms with van der Waals surface area (Å²) >= 11 is 0. The van der Waals surface area contributed by atoms with Crippen LogP contribution >= 0.6 is 0 Å². The van der Waals surface area contributed by atoms with Crippen LogP contribution in [-0.4, -0.2) is 37.2 Å². The smallest absolute Gasteiger partial charge is 0.306 e. The summed E-state index contributed by atoms with van der Waals surface area (Å²) in [5, 5.41) is 0. The van der Waals surface area contributed by atoms with Gasteiger partial charge in [-0.1, -0.05) is 233 Å². The van der Waals surface area contributed by atoms with E-state index < -0.39 is 6.10 Å². The normalized spacial score (nSPS) is 11.8. The standard InChI is InChI=1S/C48H92O6/c1-4-7-10-13-16-18-20-22-23-24-26-27-29-32-35-38-41-47(50)53-44-45(43-52-46(49)40-37-34-31-15-12-9-6-3)54-48(51)42-39-36-33-30-28-25-21-19-17-14-11-8-5-2/h45H,4-44H2,1-3H3/t45-/m1/s1. The number of ether oxygens (including phenoxy) is 3. The minimum absolute atomic E-state index is 0.0628. The average Bonchev–Trinajstić information content (AvgIpc) is 3.17. The fourth-order valence-corrected chi connectivity index (χ4v) is 7.21. The van der Waals surface area contributed by atoms with Crippen LogP contribution < -0.4 is 0 Å². The molecule has 0 aliphatic rings. The number of unbranched alkanes of at least 4 members (excludes halogenated alkanes) is 33. The number of hydrogen-bond donors (Lipinski definition) is 0. The van der Waals surface area contributed by atoms with E-state index in [1.807, 2.05) is 0 Å². The van der Waals surface area contributed by atoms with Crippen molar-refractivity contribution in [3.63, 3.8) is 0 Å². The minimum atomic E-state index is -0.757. The van der Waals surface area contributed by atoms with Crippen LogP contribution in [0.25, 0.3) is 0 Å². The Balaban J connectivity index is 4.22. The predicted molar refractivity (Wildman–Crippen MR) is 229 cm³/mol. The van der Waals surface area contributed by atoms with Crippen molar-refractivity contribution in [2.45, 2.75) is 277 Å². The first-order chi connectivity index (χ1) is 26.5. The Labute approximate surface area is 336 Å². The number of carbonyl (C=O) groups is 3. The lowest BCUT2D eigenvalue weighted by Gasteiger charge is -2.18. The van der Waals surface area contributed by atoms with Gasteiger partial charge < -0.3 is 14.2 Å². The highest BCUT2D eigenvalue weighted by Crippen LogP contribution is 2.16. The molecule has 0 aliphatic heterocycles. The molecule has 0 unspecified atom stereocenters. The molecule has 0 saturated heterocycles. The average molecular weight is 765 g/mol. The second kappa shape index (κ2) is 44.1. The molecular weight excluding hydrogens is 673 g/mol. The van der Waals surface area contributed by atoms with E-state index in [1.165, 1.54) is 173 Å². The summed E-state index contributed by atoms with van der Waals surface area (Å²) in [6.07, 6.45) is 45.2. The van der Waals surface area contributed by atoms with Gasteiger partial charge >= 0.3 is 17.9 Å². The molecule has 0 amide bonds. The molecule has 0 heterocycles. The van der Waals surface area contributed by atoms with Crippen LogP contribution in [0.3, 0.4) is 0 Å². The maximum atomic E-state index is 12.7. The number of rotatable bonds is 44. The first-order valence-corrected chi connectivity index (χ1v) is 24.0. The molecule has 0 fully saturated rings. The Kier molecular flexibility index (Phi) is 42.8. The molecule has 0 bridgehead atoms. The molecule has 0 aromatic carbocycles. The molecule has 1 atom stereocenters. The molecule has 6 heteroatoms. The first-order valence-electron chi connectivity index (χ1n) is 24.0. The fourth-order valence-electron chi connectivity index (χ4n) is 7.21. The van der Waals surface area contributed by atoms with E-state index in [0.29, 0.717) is 19.3 Å². The minimum Gasteiger partial charge on any atom is -0.462 e. The van der Waals surface area contributed by atoms with Crippen molar-refractivity contribution in [2.24, 2.45) is 0 Å². The van der Waals surface area contributed by atoms with Gasteiger partial charge in [-0.2, -0.15) is 0 Å². The lowest BCUT2D eigenvalue weighted by molar-refractivity contribution is -0.167. The van der Waals surface area contributed by atoms with Gasteiger partial charge in [-0.25, -0.2) is 0 Å². The quantitative estimate of drug-likeness (QED) is 0.0349. The van der Waals surface area contributed by atoms with E-state index in [-0.39, 0.29) is 31.1 Å². The zero-order valence-electron chi connectivity index (χ0n) is 36.5. The van der Waals surface area contributed by atoms with Crippen molar-refractivity contribution in [1.82, 2.24) is 0 Å². The second-order valence-corrected chi connectivity index (χ2v) is 16.4. The molecular formula is C48H92O6. The Hall–Kier alpha value is -1.59. The maximum absolute atomic E-state index is 12.7. The molecule has 320 valence electrons. The summed E-state index contributed by atoms with van der Waals surface area (Å²) in [5.41, 5.74) is 0. The molecule has 54 heavy (non-hydrogen) atoms. The van der Waals surface area contributed by atoms with Crippen LogP contribution in [0.4, 0.5) is 0 Å². The molecule has 0 aliphatic carbocycles. The first kappa shape index (κ1) is 52.4. The third-order valence-corrected chi connectivity index (χ3v) is 10.9. The highest BCUT2D eigenvalue weighted by Gasteiger charge is 2.19. The maximum Gasteiger partial charge on any atom is 0.306 e. The molecule has 0 rings (SSSR count). The lowest BCUT2D eigenvalue weighted by atomic mass is 10.0. The zero-order valence-corrected chi connectivity index (χ0v) is 36.5. The van der Waals surface area contributed by atoms with Crippen LogP contribution in [0.1, 0.15) is 271 Å². The van der Waals surface area contributed by atoms with Gasteiger partial charge in [-0.15, -0.1) is 0 Å². The second-order valence-electron chi connectivity index (χ2n) is 16.4. The molecule has 0 radical (unpaired) electrons. The SMILES string of the molecule is CCCCCCCCCCCCCCCCCCC(=O)OC[C@@H](COC(=O)CCCCCCCCC)OC(=O)CCCCCCCCCCCCCCC. The third-order valence-electron chi connectivity index (χ3n) is 10.9. The van der Waals surface area contributed by atoms with Crippen molar-refractivity contribution in [3.05, 3.63) is 0 Å². The number of hydrogen-bond acceptors (Lipinski definition) is 6. The van der Waals surface area contributed by atoms with Crippen LogP contribution in [0.15, 0.2) is 0 Å². The van der Waals surface area contributed by atoms with Crippen molar-refractivity contribution < 1.29 is 28.6 Å². The molecule has 0 aromatic heterocycles. The van der Waals surface area contributed by atoms with Gasteiger partial charge in [-0.3, -0.25) is 14.4 Å². The van der Waals surface area contributed by atoms with Crippen LogP contribution in [0.5, 0.6) is 0 Å². The van der Waals surface area contributed by atoms with Gasteiger partial charge in [0.05, 0.1) is 0 Å². The van der Waals surface area contributed by atoms with E-state index in [0.717, 1.165) is 57.8 Å². The van der Waals surface area contributed by atoms with Gasteiger partial charge in [0.2, 0.25) is 0 Å². The summed E-state index contributed by atoms with van der Waals surface area (Å²) in [5.74, 6) is -0.854. The van der Waals surface area contributed by atoms with Crippen molar-refractivity contribution in [3.8, 4) is 0 Å². The summed E-state index contributed by atoms with van der Waals surface area (Å²) in [7, 11) is 0. The third kappa shape index (κ3) is 41.6. The van der Waals surface area contributed by atoms with Gasteiger partial charge in [0.15, 0.2) is 6.10 Å². The predicted octanol–water partition coefficient (Wildman–Crippen LogP) is 15.3. The lowest BCUT2D eigenvalue weighted by Crippen LogP contribution is -2.30. The van der Waals surface area contributed by atoms with Crippen molar-refractivity contribution >= 4 is 17.9 Å². The van der Waals surface area contributed by atoms with Gasteiger partial charge in [-0.05, 0) is 19.3 Å².